The van der Waals surface area contributed by atoms with Crippen molar-refractivity contribution in [1.82, 2.24) is 14.1 Å². The molecule has 92 valence electrons. The van der Waals surface area contributed by atoms with E-state index < -0.39 is 0 Å². The number of benzene rings is 1. The lowest BCUT2D eigenvalue weighted by Crippen LogP contribution is -2.04. The molecule has 1 N–H and O–H groups in total. The lowest BCUT2D eigenvalue weighted by atomic mass is 10.1. The highest BCUT2D eigenvalue weighted by Gasteiger charge is 2.04. The van der Waals surface area contributed by atoms with Crippen LogP contribution in [0, 0.1) is 0 Å². The smallest absolute Gasteiger partial charge is 0.0946 e. The number of fused-ring (bicyclic) bond motifs is 1. The summed E-state index contributed by atoms with van der Waals surface area (Å²) in [5.41, 5.74) is 2.15. The maximum atomic E-state index is 9.30. The predicted molar refractivity (Wildman–Crippen MR) is 70.1 cm³/mol. The van der Waals surface area contributed by atoms with Gasteiger partial charge in [0.25, 0.3) is 0 Å². The van der Waals surface area contributed by atoms with Crippen molar-refractivity contribution in [3.05, 3.63) is 54.7 Å². The number of imidazole rings is 1. The van der Waals surface area contributed by atoms with E-state index in [1.54, 1.807) is 6.20 Å². The maximum Gasteiger partial charge on any atom is 0.0946 e. The molecule has 1 aromatic carbocycles. The van der Waals surface area contributed by atoms with E-state index in [0.717, 1.165) is 24.0 Å². The second kappa shape index (κ2) is 4.66. The molecule has 0 unspecified atom stereocenters. The molecule has 0 spiro atoms. The molecule has 0 aliphatic carbocycles. The van der Waals surface area contributed by atoms with Crippen LogP contribution in [0.2, 0.25) is 0 Å². The molecule has 0 amide bonds. The highest BCUT2D eigenvalue weighted by Crippen LogP contribution is 2.20. The summed E-state index contributed by atoms with van der Waals surface area (Å²) in [5.74, 6) is 0. The van der Waals surface area contributed by atoms with E-state index in [0.29, 0.717) is 0 Å². The van der Waals surface area contributed by atoms with Gasteiger partial charge in [-0.2, -0.15) is 0 Å². The minimum absolute atomic E-state index is 0.0862. The highest BCUT2D eigenvalue weighted by atomic mass is 16.3. The molecule has 0 saturated carbocycles. The average Bonchev–Trinajstić information content (AvgIpc) is 3.05. The molecule has 0 atom stereocenters. The lowest BCUT2D eigenvalue weighted by molar-refractivity contribution is 0.283. The van der Waals surface area contributed by atoms with Gasteiger partial charge in [-0.1, -0.05) is 12.1 Å². The first-order valence-corrected chi connectivity index (χ1v) is 6.02. The van der Waals surface area contributed by atoms with Crippen LogP contribution < -0.4 is 0 Å². The monoisotopic (exact) mass is 241 g/mol. The van der Waals surface area contributed by atoms with Crippen molar-refractivity contribution < 1.29 is 5.11 Å². The summed E-state index contributed by atoms with van der Waals surface area (Å²) in [6.45, 7) is 1.88. The zero-order chi connectivity index (χ0) is 12.4. The molecule has 0 fully saturated rings. The van der Waals surface area contributed by atoms with Crippen LogP contribution in [0.25, 0.3) is 10.9 Å². The molecule has 4 heteroatoms. The number of aryl methyl sites for hydroxylation is 2. The Labute approximate surface area is 105 Å². The minimum atomic E-state index is 0.0862. The summed E-state index contributed by atoms with van der Waals surface area (Å²) >= 11 is 0. The summed E-state index contributed by atoms with van der Waals surface area (Å²) < 4.78 is 4.26. The van der Waals surface area contributed by atoms with Crippen molar-refractivity contribution in [3.63, 3.8) is 0 Å². The third kappa shape index (κ3) is 1.91. The molecule has 0 aliphatic rings. The Hall–Kier alpha value is -2.07. The van der Waals surface area contributed by atoms with Crippen LogP contribution in [0.1, 0.15) is 5.56 Å². The third-order valence-corrected chi connectivity index (χ3v) is 3.23. The van der Waals surface area contributed by atoms with Crippen molar-refractivity contribution in [2.45, 2.75) is 19.7 Å². The van der Waals surface area contributed by atoms with Gasteiger partial charge in [-0.05, 0) is 17.7 Å². The fourth-order valence-corrected chi connectivity index (χ4v) is 2.26. The summed E-state index contributed by atoms with van der Waals surface area (Å²) in [7, 11) is 0. The first-order valence-electron chi connectivity index (χ1n) is 6.02. The number of aliphatic hydroxyl groups excluding tert-OH is 1. The van der Waals surface area contributed by atoms with E-state index >= 15 is 0 Å². The van der Waals surface area contributed by atoms with E-state index in [4.69, 9.17) is 0 Å². The normalized spacial score (nSPS) is 11.2. The number of rotatable bonds is 4. The van der Waals surface area contributed by atoms with E-state index in [1.807, 2.05) is 24.7 Å². The van der Waals surface area contributed by atoms with Gasteiger partial charge in [0, 0.05) is 42.6 Å². The molecule has 4 nitrogen and oxygen atoms in total. The minimum Gasteiger partial charge on any atom is -0.392 e. The predicted octanol–water partition coefficient (Wildman–Crippen LogP) is 2.03. The van der Waals surface area contributed by atoms with Gasteiger partial charge in [-0.3, -0.25) is 0 Å². The van der Waals surface area contributed by atoms with E-state index in [2.05, 4.69) is 32.4 Å². The largest absolute Gasteiger partial charge is 0.392 e. The second-order valence-corrected chi connectivity index (χ2v) is 4.32. The molecule has 0 aliphatic heterocycles. The Balaban J connectivity index is 1.88. The van der Waals surface area contributed by atoms with Gasteiger partial charge in [-0.25, -0.2) is 4.98 Å². The standard InChI is InChI=1S/C14H15N3O/c18-10-12-2-1-3-14-13(12)4-6-17(14)9-8-16-7-5-15-11-16/h1-7,11,18H,8-10H2. The summed E-state index contributed by atoms with van der Waals surface area (Å²) in [5, 5.41) is 10.4. The van der Waals surface area contributed by atoms with Gasteiger partial charge in [-0.15, -0.1) is 0 Å². The Morgan fingerprint density at radius 2 is 2.06 bits per heavy atom. The Morgan fingerprint density at radius 3 is 2.83 bits per heavy atom. The fraction of sp³-hybridized carbons (Fsp3) is 0.214. The van der Waals surface area contributed by atoms with Gasteiger partial charge in [0.1, 0.15) is 0 Å². The van der Waals surface area contributed by atoms with E-state index in [9.17, 15) is 5.11 Å². The summed E-state index contributed by atoms with van der Waals surface area (Å²) in [4.78, 5) is 4.03. The van der Waals surface area contributed by atoms with E-state index in [-0.39, 0.29) is 6.61 Å². The molecule has 0 saturated heterocycles. The van der Waals surface area contributed by atoms with Gasteiger partial charge in [0.15, 0.2) is 0 Å². The van der Waals surface area contributed by atoms with E-state index in [1.165, 1.54) is 5.52 Å². The van der Waals surface area contributed by atoms with Gasteiger partial charge in [0.2, 0.25) is 0 Å². The van der Waals surface area contributed by atoms with Crippen LogP contribution in [-0.2, 0) is 19.7 Å². The first kappa shape index (κ1) is 11.0. The third-order valence-electron chi connectivity index (χ3n) is 3.23. The van der Waals surface area contributed by atoms with Crippen molar-refractivity contribution in [2.24, 2.45) is 0 Å². The van der Waals surface area contributed by atoms with Gasteiger partial charge in [0.05, 0.1) is 12.9 Å². The number of aliphatic hydroxyl groups is 1. The molecule has 2 heterocycles. The lowest BCUT2D eigenvalue weighted by Gasteiger charge is -2.07. The second-order valence-electron chi connectivity index (χ2n) is 4.32. The molecular formula is C14H15N3O. The zero-order valence-electron chi connectivity index (χ0n) is 10.0. The summed E-state index contributed by atoms with van der Waals surface area (Å²) in [6, 6.07) is 8.10. The Kier molecular flexibility index (Phi) is 2.86. The topological polar surface area (TPSA) is 43.0 Å². The van der Waals surface area contributed by atoms with Crippen LogP contribution in [0.15, 0.2) is 49.2 Å². The van der Waals surface area contributed by atoms with Crippen LogP contribution in [0.3, 0.4) is 0 Å². The van der Waals surface area contributed by atoms with Gasteiger partial charge < -0.3 is 14.2 Å². The quantitative estimate of drug-likeness (QED) is 0.759. The fourth-order valence-electron chi connectivity index (χ4n) is 2.26. The van der Waals surface area contributed by atoms with Crippen LogP contribution in [0.5, 0.6) is 0 Å². The molecule has 0 radical (unpaired) electrons. The first-order chi connectivity index (χ1) is 8.88. The van der Waals surface area contributed by atoms with Crippen LogP contribution >= 0.6 is 0 Å². The van der Waals surface area contributed by atoms with Crippen LogP contribution in [-0.4, -0.2) is 19.2 Å². The SMILES string of the molecule is OCc1cccc2c1ccn2CCn1ccnc1. The molecule has 3 aromatic rings. The molecular weight excluding hydrogens is 226 g/mol. The van der Waals surface area contributed by atoms with Crippen molar-refractivity contribution in [3.8, 4) is 0 Å². The number of aromatic nitrogens is 3. The molecule has 3 rings (SSSR count). The molecule has 2 aromatic heterocycles. The number of hydrogen-bond acceptors (Lipinski definition) is 2. The average molecular weight is 241 g/mol. The van der Waals surface area contributed by atoms with Crippen molar-refractivity contribution >= 4 is 10.9 Å². The Bertz CT molecular complexity index is 640. The zero-order valence-corrected chi connectivity index (χ0v) is 10.0. The number of hydrogen-bond donors (Lipinski definition) is 1. The highest BCUT2D eigenvalue weighted by molar-refractivity contribution is 5.83. The van der Waals surface area contributed by atoms with Crippen molar-refractivity contribution in [1.29, 1.82) is 0 Å². The number of nitrogens with zero attached hydrogens (tertiary/aromatic N) is 3. The molecule has 0 bridgehead atoms. The van der Waals surface area contributed by atoms with Crippen LogP contribution in [0.4, 0.5) is 0 Å². The van der Waals surface area contributed by atoms with Crippen molar-refractivity contribution in [2.75, 3.05) is 0 Å². The van der Waals surface area contributed by atoms with Gasteiger partial charge >= 0.3 is 0 Å². The molecule has 18 heavy (non-hydrogen) atoms. The Morgan fingerprint density at radius 1 is 1.11 bits per heavy atom. The maximum absolute atomic E-state index is 9.30. The summed E-state index contributed by atoms with van der Waals surface area (Å²) in [6.07, 6.45) is 7.65.